The fourth-order valence-electron chi connectivity index (χ4n) is 2.78. The fraction of sp³-hybridized carbons (Fsp3) is 0.0500. The number of imidazole rings is 1. The molecule has 134 valence electrons. The molecule has 2 aromatic carbocycles. The quantitative estimate of drug-likeness (QED) is 0.592. The zero-order chi connectivity index (χ0) is 19.0. The van der Waals surface area contributed by atoms with Crippen LogP contribution in [0.4, 0.5) is 14.5 Å². The second kappa shape index (κ2) is 6.60. The number of amides is 1. The van der Waals surface area contributed by atoms with Crippen LogP contribution in [0.15, 0.2) is 61.1 Å². The van der Waals surface area contributed by atoms with Crippen LogP contribution in [0.3, 0.4) is 0 Å². The van der Waals surface area contributed by atoms with E-state index in [1.165, 1.54) is 6.07 Å². The molecule has 0 aliphatic rings. The fourth-order valence-corrected chi connectivity index (χ4v) is 2.78. The molecule has 0 radical (unpaired) electrons. The molecule has 1 amide bonds. The Morgan fingerprint density at radius 2 is 1.89 bits per heavy atom. The highest BCUT2D eigenvalue weighted by Crippen LogP contribution is 2.26. The molecule has 0 saturated heterocycles. The lowest BCUT2D eigenvalue weighted by Gasteiger charge is -2.11. The number of anilines is 1. The number of nitrogens with one attached hydrogen (secondary N) is 1. The van der Waals surface area contributed by atoms with Gasteiger partial charge >= 0.3 is 0 Å². The van der Waals surface area contributed by atoms with E-state index in [0.717, 1.165) is 23.3 Å². The Morgan fingerprint density at radius 1 is 1.11 bits per heavy atom. The van der Waals surface area contributed by atoms with E-state index in [4.69, 9.17) is 0 Å². The number of hydrogen-bond donors (Lipinski definition) is 1. The third-order valence-corrected chi connectivity index (χ3v) is 4.21. The monoisotopic (exact) mass is 364 g/mol. The molecule has 7 heteroatoms. The summed E-state index contributed by atoms with van der Waals surface area (Å²) in [6.45, 7) is 1.79. The van der Waals surface area contributed by atoms with Crippen LogP contribution in [0.5, 0.6) is 0 Å². The second-order valence-corrected chi connectivity index (χ2v) is 6.03. The van der Waals surface area contributed by atoms with Gasteiger partial charge in [0, 0.05) is 29.8 Å². The summed E-state index contributed by atoms with van der Waals surface area (Å²) in [5, 5.41) is 2.58. The predicted molar refractivity (Wildman–Crippen MR) is 97.5 cm³/mol. The summed E-state index contributed by atoms with van der Waals surface area (Å²) in [5.41, 5.74) is 2.01. The number of nitrogens with zero attached hydrogens (tertiary/aromatic N) is 3. The average molecular weight is 364 g/mol. The summed E-state index contributed by atoms with van der Waals surface area (Å²) >= 11 is 0. The van der Waals surface area contributed by atoms with Crippen LogP contribution in [-0.2, 0) is 0 Å². The van der Waals surface area contributed by atoms with Crippen molar-refractivity contribution in [2.75, 3.05) is 5.32 Å². The predicted octanol–water partition coefficient (Wildman–Crippen LogP) is 4.24. The lowest BCUT2D eigenvalue weighted by molar-refractivity contribution is 0.101. The maximum Gasteiger partial charge on any atom is 0.261 e. The van der Waals surface area contributed by atoms with Crippen molar-refractivity contribution in [3.8, 4) is 11.3 Å². The van der Waals surface area contributed by atoms with E-state index in [1.807, 2.05) is 18.5 Å². The van der Waals surface area contributed by atoms with E-state index >= 15 is 0 Å². The molecule has 0 aliphatic heterocycles. The molecule has 0 atom stereocenters. The van der Waals surface area contributed by atoms with E-state index < -0.39 is 23.1 Å². The van der Waals surface area contributed by atoms with Gasteiger partial charge in [0.1, 0.15) is 17.2 Å². The standard InChI is InChI=1S/C20H14F2N4O/c1-12-6-7-13(17-11-26-9-3-8-23-20(26)25-17)10-16(12)24-19(27)18-14(21)4-2-5-15(18)22/h2-11H,1H3,(H,24,27). The summed E-state index contributed by atoms with van der Waals surface area (Å²) in [5.74, 6) is -2.12. The number of aromatic nitrogens is 3. The number of carbonyl (C=O) groups is 1. The zero-order valence-electron chi connectivity index (χ0n) is 14.3. The third-order valence-electron chi connectivity index (χ3n) is 4.21. The van der Waals surface area contributed by atoms with Crippen molar-refractivity contribution in [1.29, 1.82) is 0 Å². The van der Waals surface area contributed by atoms with Gasteiger partial charge < -0.3 is 5.32 Å². The van der Waals surface area contributed by atoms with E-state index in [-0.39, 0.29) is 0 Å². The molecule has 1 N–H and O–H groups in total. The molecule has 0 unspecified atom stereocenters. The third kappa shape index (κ3) is 3.15. The highest BCUT2D eigenvalue weighted by molar-refractivity contribution is 6.05. The lowest BCUT2D eigenvalue weighted by Crippen LogP contribution is -2.16. The molecule has 4 rings (SSSR count). The van der Waals surface area contributed by atoms with Crippen molar-refractivity contribution in [3.63, 3.8) is 0 Å². The van der Waals surface area contributed by atoms with Crippen LogP contribution in [0.1, 0.15) is 15.9 Å². The molecule has 0 spiro atoms. The minimum absolute atomic E-state index is 0.449. The second-order valence-electron chi connectivity index (χ2n) is 6.03. The molecule has 4 aromatic rings. The van der Waals surface area contributed by atoms with Crippen LogP contribution in [0.2, 0.25) is 0 Å². The summed E-state index contributed by atoms with van der Waals surface area (Å²) < 4.78 is 29.5. The van der Waals surface area contributed by atoms with Gasteiger partial charge in [-0.25, -0.2) is 18.7 Å². The highest BCUT2D eigenvalue weighted by Gasteiger charge is 2.18. The van der Waals surface area contributed by atoms with Crippen LogP contribution in [-0.4, -0.2) is 20.3 Å². The molecule has 2 heterocycles. The van der Waals surface area contributed by atoms with Crippen LogP contribution >= 0.6 is 0 Å². The Labute approximate surface area is 153 Å². The largest absolute Gasteiger partial charge is 0.322 e. The van der Waals surface area contributed by atoms with E-state index in [0.29, 0.717) is 17.2 Å². The molecule has 27 heavy (non-hydrogen) atoms. The van der Waals surface area contributed by atoms with Crippen molar-refractivity contribution in [1.82, 2.24) is 14.4 Å². The van der Waals surface area contributed by atoms with Crippen molar-refractivity contribution in [2.45, 2.75) is 6.92 Å². The van der Waals surface area contributed by atoms with Gasteiger partial charge in [0.25, 0.3) is 5.91 Å². The zero-order valence-corrected chi connectivity index (χ0v) is 14.3. The number of carbonyl (C=O) groups excluding carboxylic acids is 1. The number of aryl methyl sites for hydroxylation is 1. The molecule has 0 fully saturated rings. The van der Waals surface area contributed by atoms with Gasteiger partial charge in [-0.3, -0.25) is 9.20 Å². The highest BCUT2D eigenvalue weighted by atomic mass is 19.1. The van der Waals surface area contributed by atoms with Gasteiger partial charge in [-0.15, -0.1) is 0 Å². The lowest BCUT2D eigenvalue weighted by atomic mass is 10.1. The Balaban J connectivity index is 1.69. The van der Waals surface area contributed by atoms with Crippen molar-refractivity contribution < 1.29 is 13.6 Å². The molecule has 5 nitrogen and oxygen atoms in total. The van der Waals surface area contributed by atoms with E-state index in [9.17, 15) is 13.6 Å². The number of rotatable bonds is 3. The molecular weight excluding hydrogens is 350 g/mol. The Kier molecular flexibility index (Phi) is 4.12. The van der Waals surface area contributed by atoms with Gasteiger partial charge in [-0.2, -0.15) is 0 Å². The maximum atomic E-state index is 13.8. The Bertz CT molecular complexity index is 1120. The topological polar surface area (TPSA) is 59.3 Å². The molecule has 2 aromatic heterocycles. The van der Waals surface area contributed by atoms with Crippen molar-refractivity contribution >= 4 is 17.4 Å². The number of benzene rings is 2. The number of hydrogen-bond acceptors (Lipinski definition) is 3. The summed E-state index contributed by atoms with van der Waals surface area (Å²) in [7, 11) is 0. The minimum Gasteiger partial charge on any atom is -0.322 e. The molecule has 0 saturated carbocycles. The number of halogens is 2. The molecular formula is C20H14F2N4O. The van der Waals surface area contributed by atoms with Gasteiger partial charge in [0.05, 0.1) is 5.69 Å². The average Bonchev–Trinajstić information content (AvgIpc) is 3.07. The first-order valence-corrected chi connectivity index (χ1v) is 8.19. The van der Waals surface area contributed by atoms with Gasteiger partial charge in [0.15, 0.2) is 0 Å². The van der Waals surface area contributed by atoms with Gasteiger partial charge in [-0.05, 0) is 36.8 Å². The molecule has 0 bridgehead atoms. The minimum atomic E-state index is -0.910. The first-order valence-electron chi connectivity index (χ1n) is 8.19. The van der Waals surface area contributed by atoms with Crippen LogP contribution in [0, 0.1) is 18.6 Å². The SMILES string of the molecule is Cc1ccc(-c2cn3cccnc3n2)cc1NC(=O)c1c(F)cccc1F. The van der Waals surface area contributed by atoms with Gasteiger partial charge in [0.2, 0.25) is 5.78 Å². The van der Waals surface area contributed by atoms with Crippen molar-refractivity contribution in [3.05, 3.63) is 83.8 Å². The summed E-state index contributed by atoms with van der Waals surface area (Å²) in [6, 6.07) is 10.5. The first-order chi connectivity index (χ1) is 13.0. The summed E-state index contributed by atoms with van der Waals surface area (Å²) in [6.07, 6.45) is 5.29. The van der Waals surface area contributed by atoms with Crippen LogP contribution < -0.4 is 5.32 Å². The van der Waals surface area contributed by atoms with Crippen molar-refractivity contribution in [2.24, 2.45) is 0 Å². The Hall–Kier alpha value is -3.61. The summed E-state index contributed by atoms with van der Waals surface area (Å²) in [4.78, 5) is 21.0. The normalized spacial score (nSPS) is 10.9. The number of fused-ring (bicyclic) bond motifs is 1. The molecule has 0 aliphatic carbocycles. The van der Waals surface area contributed by atoms with Gasteiger partial charge in [-0.1, -0.05) is 18.2 Å². The maximum absolute atomic E-state index is 13.8. The Morgan fingerprint density at radius 3 is 2.63 bits per heavy atom. The van der Waals surface area contributed by atoms with Crippen LogP contribution in [0.25, 0.3) is 17.0 Å². The first kappa shape index (κ1) is 16.8. The van der Waals surface area contributed by atoms with E-state index in [2.05, 4.69) is 15.3 Å². The smallest absolute Gasteiger partial charge is 0.261 e. The van der Waals surface area contributed by atoms with E-state index in [1.54, 1.807) is 35.7 Å².